The number of aromatic nitrogens is 1. The molecule has 1 amide bonds. The number of nitrogens with zero attached hydrogens (tertiary/aromatic N) is 1. The van der Waals surface area contributed by atoms with Crippen molar-refractivity contribution in [1.82, 2.24) is 4.98 Å². The zero-order chi connectivity index (χ0) is 37.4. The van der Waals surface area contributed by atoms with Crippen LogP contribution in [0.15, 0.2) is 120 Å². The summed E-state index contributed by atoms with van der Waals surface area (Å²) in [5, 5.41) is 3.14. The molecule has 9 heteroatoms. The first-order valence-electron chi connectivity index (χ1n) is 17.2. The second kappa shape index (κ2) is 16.6. The topological polar surface area (TPSA) is 123 Å². The second-order valence-corrected chi connectivity index (χ2v) is 14.2. The summed E-state index contributed by atoms with van der Waals surface area (Å²) >= 11 is 0. The zero-order valence-corrected chi connectivity index (χ0v) is 30.8. The fourth-order valence-corrected chi connectivity index (χ4v) is 6.00. The Kier molecular flexibility index (Phi) is 12.0. The van der Waals surface area contributed by atoms with Gasteiger partial charge in [0.05, 0.1) is 5.92 Å². The summed E-state index contributed by atoms with van der Waals surface area (Å²) in [5.74, 6) is 0.137. The molecule has 0 unspecified atom stereocenters. The van der Waals surface area contributed by atoms with E-state index in [9.17, 15) is 9.59 Å². The number of oxazole rings is 1. The number of carbonyl (C=O) groups is 2. The van der Waals surface area contributed by atoms with Crippen molar-refractivity contribution < 1.29 is 26.6 Å². The summed E-state index contributed by atoms with van der Waals surface area (Å²) < 4.78 is 31.3. The molecule has 1 heterocycles. The predicted molar refractivity (Wildman–Crippen MR) is 205 cm³/mol. The van der Waals surface area contributed by atoms with Crippen LogP contribution in [0.5, 0.6) is 0 Å². The molecule has 266 valence electrons. The SMILES string of the molecule is CCCC(=O)c1ccc(C[C@@H](C(=O)Nc2ccc(-c3nc4c(C)cccc4o3)cc2)c2ccc(-c3ccc(C(C)(C)C)cc3)cc2)cc1.O=S(=O)=O. The highest BCUT2D eigenvalue weighted by Crippen LogP contribution is 2.31. The average molecular weight is 715 g/mol. The standard InChI is InChI=1S/C43H42N2O3.O3S/c1-6-8-38(46)33-13-11-29(12-14-33)27-37(32-17-15-30(16-18-32)31-19-23-35(24-20-31)43(3,4)5)41(47)44-36-25-21-34(22-26-36)42-45-40-28(2)9-7-10-39(40)48-42;1-4(2)3/h7,9-26,37H,6,8,27H2,1-5H3,(H,44,47);/t37-;/m1./s1. The number of fused-ring (bicyclic) bond motifs is 1. The molecular formula is C43H42N2O6S. The van der Waals surface area contributed by atoms with Gasteiger partial charge in [-0.1, -0.05) is 113 Å². The van der Waals surface area contributed by atoms with E-state index in [1.54, 1.807) is 0 Å². The smallest absolute Gasteiger partial charge is 0.425 e. The maximum absolute atomic E-state index is 14.0. The lowest BCUT2D eigenvalue weighted by molar-refractivity contribution is -0.117. The number of benzene rings is 5. The Morgan fingerprint density at radius 3 is 1.90 bits per heavy atom. The third-order valence-electron chi connectivity index (χ3n) is 8.93. The number of para-hydroxylation sites is 1. The number of nitrogens with one attached hydrogen (secondary N) is 1. The lowest BCUT2D eigenvalue weighted by atomic mass is 9.86. The normalized spacial score (nSPS) is 11.7. The van der Waals surface area contributed by atoms with E-state index in [2.05, 4.69) is 79.6 Å². The molecule has 6 rings (SSSR count). The van der Waals surface area contributed by atoms with E-state index in [1.807, 2.05) is 80.6 Å². The number of hydrogen-bond acceptors (Lipinski definition) is 7. The minimum absolute atomic E-state index is 0.0915. The summed E-state index contributed by atoms with van der Waals surface area (Å²) in [6.45, 7) is 10.7. The van der Waals surface area contributed by atoms with Crippen LogP contribution in [0, 0.1) is 6.92 Å². The Bertz CT molecular complexity index is 2260. The molecule has 0 radical (unpaired) electrons. The lowest BCUT2D eigenvalue weighted by Crippen LogP contribution is -2.23. The molecule has 8 nitrogen and oxygen atoms in total. The molecule has 0 aliphatic rings. The van der Waals surface area contributed by atoms with Crippen molar-refractivity contribution in [2.45, 2.75) is 65.2 Å². The van der Waals surface area contributed by atoms with Crippen molar-refractivity contribution in [3.8, 4) is 22.6 Å². The summed E-state index contributed by atoms with van der Waals surface area (Å²) in [5.41, 5.74) is 10.4. The van der Waals surface area contributed by atoms with E-state index in [0.29, 0.717) is 30.0 Å². The van der Waals surface area contributed by atoms with Crippen LogP contribution in [-0.4, -0.2) is 29.3 Å². The monoisotopic (exact) mass is 714 g/mol. The number of carbonyl (C=O) groups excluding carboxylic acids is 2. The van der Waals surface area contributed by atoms with Gasteiger partial charge in [0.15, 0.2) is 11.4 Å². The van der Waals surface area contributed by atoms with Gasteiger partial charge < -0.3 is 9.73 Å². The van der Waals surface area contributed by atoms with Gasteiger partial charge in [-0.3, -0.25) is 9.59 Å². The van der Waals surface area contributed by atoms with Crippen molar-refractivity contribution in [3.05, 3.63) is 143 Å². The summed E-state index contributed by atoms with van der Waals surface area (Å²) in [7, 11) is -3.11. The van der Waals surface area contributed by atoms with Gasteiger partial charge in [-0.05, 0) is 88.9 Å². The molecule has 0 aliphatic heterocycles. The quantitative estimate of drug-likeness (QED) is 0.140. The molecule has 0 saturated heterocycles. The fraction of sp³-hybridized carbons (Fsp3) is 0.233. The minimum Gasteiger partial charge on any atom is -0.436 e. The number of rotatable bonds is 10. The average Bonchev–Trinajstić information content (AvgIpc) is 3.57. The maximum atomic E-state index is 14.0. The molecule has 0 aliphatic carbocycles. The van der Waals surface area contributed by atoms with Crippen molar-refractivity contribution in [1.29, 1.82) is 0 Å². The van der Waals surface area contributed by atoms with Crippen LogP contribution in [0.3, 0.4) is 0 Å². The van der Waals surface area contributed by atoms with E-state index in [0.717, 1.165) is 50.9 Å². The van der Waals surface area contributed by atoms with Crippen molar-refractivity contribution in [3.63, 3.8) is 0 Å². The van der Waals surface area contributed by atoms with Crippen LogP contribution in [0.1, 0.15) is 79.1 Å². The number of Topliss-reactive ketones (excluding diaryl/α,β-unsaturated/α-hetero) is 1. The molecule has 6 aromatic rings. The van der Waals surface area contributed by atoms with Gasteiger partial charge in [-0.2, -0.15) is 0 Å². The van der Waals surface area contributed by atoms with Crippen molar-refractivity contribution in [2.75, 3.05) is 5.32 Å². The third-order valence-corrected chi connectivity index (χ3v) is 8.93. The van der Waals surface area contributed by atoms with E-state index in [4.69, 9.17) is 17.0 Å². The Balaban J connectivity index is 0.00000124. The van der Waals surface area contributed by atoms with Gasteiger partial charge in [0.1, 0.15) is 5.52 Å². The number of ketones is 1. The molecule has 0 fully saturated rings. The van der Waals surface area contributed by atoms with Gasteiger partial charge in [0, 0.05) is 23.2 Å². The van der Waals surface area contributed by atoms with E-state index in [-0.39, 0.29) is 17.1 Å². The van der Waals surface area contributed by atoms with Crippen LogP contribution in [0.2, 0.25) is 0 Å². The van der Waals surface area contributed by atoms with Gasteiger partial charge >= 0.3 is 10.6 Å². The summed E-state index contributed by atoms with van der Waals surface area (Å²) in [6, 6.07) is 38.1. The summed E-state index contributed by atoms with van der Waals surface area (Å²) in [4.78, 5) is 31.1. The molecule has 52 heavy (non-hydrogen) atoms. The fourth-order valence-electron chi connectivity index (χ4n) is 6.00. The van der Waals surface area contributed by atoms with Gasteiger partial charge in [0.25, 0.3) is 0 Å². The lowest BCUT2D eigenvalue weighted by Gasteiger charge is -2.20. The maximum Gasteiger partial charge on any atom is 0.425 e. The number of anilines is 1. The third kappa shape index (κ3) is 9.56. The Hall–Kier alpha value is -5.67. The minimum atomic E-state index is -3.11. The largest absolute Gasteiger partial charge is 0.436 e. The molecule has 0 saturated carbocycles. The molecule has 1 N–H and O–H groups in total. The molecule has 1 aromatic heterocycles. The Morgan fingerprint density at radius 2 is 1.35 bits per heavy atom. The van der Waals surface area contributed by atoms with Crippen molar-refractivity contribution in [2.24, 2.45) is 0 Å². The highest BCUT2D eigenvalue weighted by molar-refractivity contribution is 7.59. The number of aryl methyl sites for hydroxylation is 1. The van der Waals surface area contributed by atoms with E-state index >= 15 is 0 Å². The number of amides is 1. The second-order valence-electron chi connectivity index (χ2n) is 13.8. The summed E-state index contributed by atoms with van der Waals surface area (Å²) in [6.07, 6.45) is 1.84. The van der Waals surface area contributed by atoms with Crippen LogP contribution < -0.4 is 5.32 Å². The predicted octanol–water partition coefficient (Wildman–Crippen LogP) is 9.71. The van der Waals surface area contributed by atoms with Crippen LogP contribution in [0.4, 0.5) is 5.69 Å². The zero-order valence-electron chi connectivity index (χ0n) is 30.0. The molecule has 5 aromatic carbocycles. The number of hydrogen-bond donors (Lipinski definition) is 1. The van der Waals surface area contributed by atoms with Crippen LogP contribution in [0.25, 0.3) is 33.7 Å². The first-order chi connectivity index (χ1) is 24.8. The first kappa shape index (κ1) is 37.6. The molecule has 0 bridgehead atoms. The van der Waals surface area contributed by atoms with Gasteiger partial charge in [-0.15, -0.1) is 12.6 Å². The first-order valence-corrected chi connectivity index (χ1v) is 18.2. The van der Waals surface area contributed by atoms with Crippen LogP contribution >= 0.6 is 0 Å². The van der Waals surface area contributed by atoms with Gasteiger partial charge in [-0.25, -0.2) is 4.98 Å². The molecular weight excluding hydrogens is 673 g/mol. The van der Waals surface area contributed by atoms with Crippen molar-refractivity contribution >= 4 is 39.1 Å². The van der Waals surface area contributed by atoms with Crippen LogP contribution in [-0.2, 0) is 27.2 Å². The Labute approximate surface area is 306 Å². The van der Waals surface area contributed by atoms with E-state index in [1.165, 1.54) is 5.56 Å². The highest BCUT2D eigenvalue weighted by atomic mass is 32.2. The highest BCUT2D eigenvalue weighted by Gasteiger charge is 2.23. The molecule has 0 spiro atoms. The van der Waals surface area contributed by atoms with Gasteiger partial charge in [0.2, 0.25) is 11.8 Å². The molecule has 1 atom stereocenters. The van der Waals surface area contributed by atoms with E-state index < -0.39 is 16.5 Å². The Morgan fingerprint density at radius 1 is 0.769 bits per heavy atom.